The van der Waals surface area contributed by atoms with Crippen LogP contribution in [0.3, 0.4) is 0 Å². The van der Waals surface area contributed by atoms with Crippen molar-refractivity contribution in [3.8, 4) is 11.3 Å². The number of aliphatic imine (C=N–C) groups is 1. The first-order valence-corrected chi connectivity index (χ1v) is 8.34. The van der Waals surface area contributed by atoms with Gasteiger partial charge in [0.05, 0.1) is 30.3 Å². The Bertz CT molecular complexity index is 824. The van der Waals surface area contributed by atoms with Gasteiger partial charge in [0.25, 0.3) is 5.91 Å². The van der Waals surface area contributed by atoms with Crippen molar-refractivity contribution in [1.29, 1.82) is 0 Å². The van der Waals surface area contributed by atoms with E-state index in [0.29, 0.717) is 17.9 Å². The molecule has 6 nitrogen and oxygen atoms in total. The maximum atomic E-state index is 12.6. The summed E-state index contributed by atoms with van der Waals surface area (Å²) in [7, 11) is 0. The van der Waals surface area contributed by atoms with Crippen LogP contribution in [0.15, 0.2) is 29.6 Å². The maximum absolute atomic E-state index is 12.6. The van der Waals surface area contributed by atoms with E-state index in [4.69, 9.17) is 0 Å². The second kappa shape index (κ2) is 6.11. The molecule has 2 aliphatic rings. The van der Waals surface area contributed by atoms with Crippen LogP contribution in [0, 0.1) is 0 Å². The Hall–Kier alpha value is -2.63. The molecule has 2 aromatic heterocycles. The first-order chi connectivity index (χ1) is 11.7. The molecule has 4 rings (SSSR count). The topological polar surface area (TPSA) is 71.3 Å². The number of pyridine rings is 1. The predicted molar refractivity (Wildman–Crippen MR) is 90.9 cm³/mol. The monoisotopic (exact) mass is 321 g/mol. The molecule has 0 aliphatic carbocycles. The highest BCUT2D eigenvalue weighted by atomic mass is 16.2. The number of rotatable bonds is 2. The molecule has 1 saturated heterocycles. The average Bonchev–Trinajstić information content (AvgIpc) is 3.02. The summed E-state index contributed by atoms with van der Waals surface area (Å²) in [5.74, 6) is -0.0316. The van der Waals surface area contributed by atoms with E-state index in [2.05, 4.69) is 19.9 Å². The number of piperidine rings is 1. The zero-order chi connectivity index (χ0) is 16.5. The molecule has 6 heteroatoms. The molecule has 1 amide bonds. The summed E-state index contributed by atoms with van der Waals surface area (Å²) in [5.41, 5.74) is 4.99. The van der Waals surface area contributed by atoms with Crippen LogP contribution in [0.2, 0.25) is 0 Å². The number of aromatic nitrogens is 3. The van der Waals surface area contributed by atoms with Crippen LogP contribution >= 0.6 is 0 Å². The highest BCUT2D eigenvalue weighted by Gasteiger charge is 2.21. The Labute approximate surface area is 140 Å². The van der Waals surface area contributed by atoms with Gasteiger partial charge >= 0.3 is 0 Å². The Morgan fingerprint density at radius 1 is 1.12 bits per heavy atom. The van der Waals surface area contributed by atoms with Crippen molar-refractivity contribution in [2.45, 2.75) is 32.7 Å². The van der Waals surface area contributed by atoms with E-state index in [0.717, 1.165) is 48.5 Å². The van der Waals surface area contributed by atoms with Crippen LogP contribution in [0.1, 0.15) is 47.9 Å². The minimum absolute atomic E-state index is 0.0316. The molecule has 2 aliphatic heterocycles. The molecule has 0 N–H and O–H groups in total. The smallest absolute Gasteiger partial charge is 0.274 e. The van der Waals surface area contributed by atoms with Gasteiger partial charge in [-0.25, -0.2) is 4.98 Å². The summed E-state index contributed by atoms with van der Waals surface area (Å²) < 4.78 is 0. The summed E-state index contributed by atoms with van der Waals surface area (Å²) in [5, 5.41) is 0. The van der Waals surface area contributed by atoms with Gasteiger partial charge in [0.15, 0.2) is 0 Å². The van der Waals surface area contributed by atoms with Crippen LogP contribution in [-0.2, 0) is 6.54 Å². The molecule has 0 aromatic carbocycles. The Morgan fingerprint density at radius 2 is 1.96 bits per heavy atom. The lowest BCUT2D eigenvalue weighted by Crippen LogP contribution is -2.36. The number of hydrogen-bond donors (Lipinski definition) is 0. The van der Waals surface area contributed by atoms with Crippen LogP contribution in [0.4, 0.5) is 0 Å². The van der Waals surface area contributed by atoms with E-state index < -0.39 is 0 Å². The van der Waals surface area contributed by atoms with Crippen molar-refractivity contribution in [3.05, 3.63) is 41.6 Å². The molecule has 4 heterocycles. The van der Waals surface area contributed by atoms with Gasteiger partial charge in [0, 0.05) is 36.1 Å². The standard InChI is InChI=1S/C18H19N5O/c1-12-14-7-13(8-21-16(14)11-20-12)15-9-19-10-17(22-15)18(24)23-5-3-2-4-6-23/h7-10H,2-6,11H2,1H3. The van der Waals surface area contributed by atoms with Gasteiger partial charge in [0.1, 0.15) is 5.69 Å². The predicted octanol–water partition coefficient (Wildman–Crippen LogP) is 2.49. The van der Waals surface area contributed by atoms with E-state index in [1.807, 2.05) is 17.9 Å². The van der Waals surface area contributed by atoms with Crippen molar-refractivity contribution >= 4 is 11.6 Å². The number of hydrogen-bond acceptors (Lipinski definition) is 5. The fourth-order valence-electron chi connectivity index (χ4n) is 3.22. The summed E-state index contributed by atoms with van der Waals surface area (Å²) in [4.78, 5) is 32.1. The lowest BCUT2D eigenvalue weighted by Gasteiger charge is -2.26. The minimum Gasteiger partial charge on any atom is -0.337 e. The molecular formula is C18H19N5O. The van der Waals surface area contributed by atoms with Crippen molar-refractivity contribution in [1.82, 2.24) is 19.9 Å². The zero-order valence-electron chi connectivity index (χ0n) is 13.7. The van der Waals surface area contributed by atoms with Gasteiger partial charge in [0.2, 0.25) is 0 Å². The Kier molecular flexibility index (Phi) is 3.80. The van der Waals surface area contributed by atoms with Gasteiger partial charge in [-0.3, -0.25) is 19.8 Å². The summed E-state index contributed by atoms with van der Waals surface area (Å²) >= 11 is 0. The third-order valence-electron chi connectivity index (χ3n) is 4.62. The second-order valence-electron chi connectivity index (χ2n) is 6.26. The Morgan fingerprint density at radius 3 is 2.79 bits per heavy atom. The molecule has 122 valence electrons. The van der Waals surface area contributed by atoms with Gasteiger partial charge in [-0.1, -0.05) is 0 Å². The lowest BCUT2D eigenvalue weighted by atomic mass is 10.1. The number of fused-ring (bicyclic) bond motifs is 1. The molecule has 0 bridgehead atoms. The fraction of sp³-hybridized carbons (Fsp3) is 0.389. The molecule has 0 saturated carbocycles. The van der Waals surface area contributed by atoms with Crippen molar-refractivity contribution in [2.75, 3.05) is 13.1 Å². The number of carbonyl (C=O) groups is 1. The van der Waals surface area contributed by atoms with E-state index >= 15 is 0 Å². The molecular weight excluding hydrogens is 302 g/mol. The van der Waals surface area contributed by atoms with Crippen molar-refractivity contribution in [2.24, 2.45) is 4.99 Å². The lowest BCUT2D eigenvalue weighted by molar-refractivity contribution is 0.0718. The molecule has 2 aromatic rings. The SMILES string of the molecule is CC1=NCc2ncc(-c3cncc(C(=O)N4CCCCC4)n3)cc21. The number of likely N-dealkylation sites (tertiary alicyclic amines) is 1. The normalized spacial score (nSPS) is 16.7. The van der Waals surface area contributed by atoms with Gasteiger partial charge < -0.3 is 4.90 Å². The highest BCUT2D eigenvalue weighted by molar-refractivity contribution is 6.02. The second-order valence-corrected chi connectivity index (χ2v) is 6.26. The Balaban J connectivity index is 1.64. The third-order valence-corrected chi connectivity index (χ3v) is 4.62. The average molecular weight is 321 g/mol. The largest absolute Gasteiger partial charge is 0.337 e. The van der Waals surface area contributed by atoms with Crippen LogP contribution in [0.5, 0.6) is 0 Å². The fourth-order valence-corrected chi connectivity index (χ4v) is 3.22. The number of carbonyl (C=O) groups excluding carboxylic acids is 1. The minimum atomic E-state index is -0.0316. The van der Waals surface area contributed by atoms with E-state index in [9.17, 15) is 4.79 Å². The van der Waals surface area contributed by atoms with Crippen LogP contribution in [-0.4, -0.2) is 44.6 Å². The summed E-state index contributed by atoms with van der Waals surface area (Å²) in [6.45, 7) is 4.24. The van der Waals surface area contributed by atoms with E-state index in [1.165, 1.54) is 6.42 Å². The molecule has 0 radical (unpaired) electrons. The zero-order valence-corrected chi connectivity index (χ0v) is 13.7. The molecule has 0 unspecified atom stereocenters. The molecule has 24 heavy (non-hydrogen) atoms. The highest BCUT2D eigenvalue weighted by Crippen LogP contribution is 2.23. The number of amides is 1. The van der Waals surface area contributed by atoms with E-state index in [-0.39, 0.29) is 5.91 Å². The maximum Gasteiger partial charge on any atom is 0.274 e. The summed E-state index contributed by atoms with van der Waals surface area (Å²) in [6, 6.07) is 2.04. The molecule has 0 spiro atoms. The number of nitrogens with zero attached hydrogens (tertiary/aromatic N) is 5. The van der Waals surface area contributed by atoms with Crippen LogP contribution in [0.25, 0.3) is 11.3 Å². The third kappa shape index (κ3) is 2.68. The van der Waals surface area contributed by atoms with Crippen molar-refractivity contribution < 1.29 is 4.79 Å². The first kappa shape index (κ1) is 14.9. The quantitative estimate of drug-likeness (QED) is 0.852. The van der Waals surface area contributed by atoms with Gasteiger partial charge in [-0.05, 0) is 32.3 Å². The van der Waals surface area contributed by atoms with Crippen molar-refractivity contribution in [3.63, 3.8) is 0 Å². The van der Waals surface area contributed by atoms with E-state index in [1.54, 1.807) is 18.6 Å². The molecule has 1 fully saturated rings. The van der Waals surface area contributed by atoms with Gasteiger partial charge in [-0.2, -0.15) is 0 Å². The van der Waals surface area contributed by atoms with Gasteiger partial charge in [-0.15, -0.1) is 0 Å². The van der Waals surface area contributed by atoms with Crippen LogP contribution < -0.4 is 0 Å². The first-order valence-electron chi connectivity index (χ1n) is 8.34. The summed E-state index contributed by atoms with van der Waals surface area (Å²) in [6.07, 6.45) is 8.33. The molecule has 0 atom stereocenters.